The maximum absolute atomic E-state index is 4.34. The highest BCUT2D eigenvalue weighted by Gasteiger charge is 2.18. The fraction of sp³-hybridized carbons (Fsp3) is 0.769. The Morgan fingerprint density at radius 1 is 1.47 bits per heavy atom. The molecule has 0 aromatic carbocycles. The number of rotatable bonds is 6. The predicted octanol–water partition coefficient (Wildman–Crippen LogP) is 2.15. The highest BCUT2D eigenvalue weighted by Crippen LogP contribution is 2.12. The van der Waals surface area contributed by atoms with Crippen LogP contribution in [0.2, 0.25) is 0 Å². The van der Waals surface area contributed by atoms with Crippen LogP contribution in [0.15, 0.2) is 11.6 Å². The van der Waals surface area contributed by atoms with Crippen molar-refractivity contribution in [3.8, 4) is 0 Å². The fourth-order valence-corrected chi connectivity index (χ4v) is 2.95. The summed E-state index contributed by atoms with van der Waals surface area (Å²) in [7, 11) is 0. The van der Waals surface area contributed by atoms with Crippen molar-refractivity contribution in [1.29, 1.82) is 0 Å². The van der Waals surface area contributed by atoms with E-state index in [4.69, 9.17) is 0 Å². The lowest BCUT2D eigenvalue weighted by molar-refractivity contribution is 0.200. The Balaban J connectivity index is 1.62. The molecule has 0 atom stereocenters. The van der Waals surface area contributed by atoms with E-state index < -0.39 is 0 Å². The van der Waals surface area contributed by atoms with Gasteiger partial charge in [0.1, 0.15) is 0 Å². The zero-order valence-electron chi connectivity index (χ0n) is 10.7. The van der Waals surface area contributed by atoms with E-state index in [0.29, 0.717) is 0 Å². The second-order valence-electron chi connectivity index (χ2n) is 4.75. The number of nitrogens with zero attached hydrogens (tertiary/aromatic N) is 2. The predicted molar refractivity (Wildman–Crippen MR) is 73.6 cm³/mol. The average molecular weight is 253 g/mol. The quantitative estimate of drug-likeness (QED) is 0.842. The molecule has 1 aliphatic heterocycles. The third-order valence-corrected chi connectivity index (χ3v) is 4.24. The van der Waals surface area contributed by atoms with Gasteiger partial charge >= 0.3 is 0 Å². The number of thiazole rings is 1. The summed E-state index contributed by atoms with van der Waals surface area (Å²) in [6.45, 7) is 7.06. The van der Waals surface area contributed by atoms with Crippen molar-refractivity contribution in [3.63, 3.8) is 0 Å². The molecule has 2 heterocycles. The SMILES string of the molecule is CCCNC1CCN(CCc2nccs2)CC1. The van der Waals surface area contributed by atoms with E-state index >= 15 is 0 Å². The van der Waals surface area contributed by atoms with Gasteiger partial charge in [0.2, 0.25) is 0 Å². The van der Waals surface area contributed by atoms with Crippen molar-refractivity contribution in [3.05, 3.63) is 16.6 Å². The van der Waals surface area contributed by atoms with Crippen LogP contribution in [0.25, 0.3) is 0 Å². The number of hydrogen-bond acceptors (Lipinski definition) is 4. The Morgan fingerprint density at radius 2 is 2.29 bits per heavy atom. The van der Waals surface area contributed by atoms with Gasteiger partial charge in [0.05, 0.1) is 5.01 Å². The maximum Gasteiger partial charge on any atom is 0.0937 e. The van der Waals surface area contributed by atoms with Gasteiger partial charge in [-0.25, -0.2) is 4.98 Å². The lowest BCUT2D eigenvalue weighted by atomic mass is 10.0. The number of nitrogens with one attached hydrogen (secondary N) is 1. The second kappa shape index (κ2) is 7.09. The molecule has 4 heteroatoms. The molecular weight excluding hydrogens is 230 g/mol. The summed E-state index contributed by atoms with van der Waals surface area (Å²) in [4.78, 5) is 6.91. The van der Waals surface area contributed by atoms with Gasteiger partial charge in [-0.15, -0.1) is 11.3 Å². The van der Waals surface area contributed by atoms with E-state index in [1.165, 1.54) is 50.4 Å². The molecule has 0 aliphatic carbocycles. The third kappa shape index (κ3) is 4.37. The van der Waals surface area contributed by atoms with Gasteiger partial charge in [-0.1, -0.05) is 6.92 Å². The summed E-state index contributed by atoms with van der Waals surface area (Å²) in [6.07, 6.45) is 6.87. The first-order valence-corrected chi connectivity index (χ1v) is 7.60. The highest BCUT2D eigenvalue weighted by atomic mass is 32.1. The average Bonchev–Trinajstić information content (AvgIpc) is 2.88. The third-order valence-electron chi connectivity index (χ3n) is 3.40. The zero-order valence-corrected chi connectivity index (χ0v) is 11.5. The van der Waals surface area contributed by atoms with E-state index in [9.17, 15) is 0 Å². The fourth-order valence-electron chi connectivity index (χ4n) is 2.34. The zero-order chi connectivity index (χ0) is 11.9. The van der Waals surface area contributed by atoms with Crippen LogP contribution in [0.4, 0.5) is 0 Å². The topological polar surface area (TPSA) is 28.2 Å². The molecule has 96 valence electrons. The molecule has 0 bridgehead atoms. The van der Waals surface area contributed by atoms with Crippen molar-refractivity contribution < 1.29 is 0 Å². The summed E-state index contributed by atoms with van der Waals surface area (Å²) in [5.41, 5.74) is 0. The van der Waals surface area contributed by atoms with Crippen molar-refractivity contribution in [2.24, 2.45) is 0 Å². The molecular formula is C13H23N3S. The molecule has 17 heavy (non-hydrogen) atoms. The first-order chi connectivity index (χ1) is 8.38. The standard InChI is InChI=1S/C13H23N3S/c1-2-6-14-12-3-8-16(9-4-12)10-5-13-15-7-11-17-13/h7,11-12,14H,2-6,8-10H2,1H3. The molecule has 0 radical (unpaired) electrons. The van der Waals surface area contributed by atoms with Gasteiger partial charge in [-0.2, -0.15) is 0 Å². The van der Waals surface area contributed by atoms with E-state index in [0.717, 1.165) is 12.5 Å². The van der Waals surface area contributed by atoms with Gasteiger partial charge in [-0.05, 0) is 38.9 Å². The van der Waals surface area contributed by atoms with Crippen LogP contribution in [0.1, 0.15) is 31.2 Å². The smallest absolute Gasteiger partial charge is 0.0937 e. The molecule has 3 nitrogen and oxygen atoms in total. The van der Waals surface area contributed by atoms with E-state index in [2.05, 4.69) is 27.5 Å². The summed E-state index contributed by atoms with van der Waals surface area (Å²) in [6, 6.07) is 0.756. The minimum atomic E-state index is 0.756. The first-order valence-electron chi connectivity index (χ1n) is 6.72. The van der Waals surface area contributed by atoms with E-state index in [1.807, 2.05) is 6.20 Å². The normalized spacial score (nSPS) is 18.6. The molecule has 0 amide bonds. The maximum atomic E-state index is 4.34. The number of hydrogen-bond donors (Lipinski definition) is 1. The van der Waals surface area contributed by atoms with Crippen LogP contribution in [-0.2, 0) is 6.42 Å². The van der Waals surface area contributed by atoms with Gasteiger partial charge in [0.15, 0.2) is 0 Å². The Bertz CT molecular complexity index is 292. The minimum absolute atomic E-state index is 0.756. The van der Waals surface area contributed by atoms with Crippen LogP contribution in [-0.4, -0.2) is 42.1 Å². The van der Waals surface area contributed by atoms with Gasteiger partial charge < -0.3 is 10.2 Å². The molecule has 1 fully saturated rings. The molecule has 1 aromatic heterocycles. The van der Waals surface area contributed by atoms with Crippen LogP contribution in [0.3, 0.4) is 0 Å². The largest absolute Gasteiger partial charge is 0.314 e. The molecule has 0 unspecified atom stereocenters. The van der Waals surface area contributed by atoms with Crippen LogP contribution in [0, 0.1) is 0 Å². The molecule has 1 N–H and O–H groups in total. The first kappa shape index (κ1) is 13.0. The Morgan fingerprint density at radius 3 is 2.94 bits per heavy atom. The van der Waals surface area contributed by atoms with Crippen LogP contribution < -0.4 is 5.32 Å². The van der Waals surface area contributed by atoms with Crippen molar-refractivity contribution >= 4 is 11.3 Å². The Hall–Kier alpha value is -0.450. The molecule has 1 aliphatic rings. The summed E-state index contributed by atoms with van der Waals surface area (Å²) in [5, 5.41) is 6.96. The molecule has 0 spiro atoms. The van der Waals surface area contributed by atoms with Gasteiger partial charge in [0, 0.05) is 30.6 Å². The lowest BCUT2D eigenvalue weighted by Crippen LogP contribution is -2.43. The summed E-state index contributed by atoms with van der Waals surface area (Å²) >= 11 is 1.77. The Kier molecular flexibility index (Phi) is 5.42. The number of piperidine rings is 1. The van der Waals surface area contributed by atoms with E-state index in [-0.39, 0.29) is 0 Å². The lowest BCUT2D eigenvalue weighted by Gasteiger charge is -2.32. The Labute approximate surface area is 108 Å². The molecule has 1 saturated heterocycles. The van der Waals surface area contributed by atoms with Crippen molar-refractivity contribution in [1.82, 2.24) is 15.2 Å². The van der Waals surface area contributed by atoms with Gasteiger partial charge in [-0.3, -0.25) is 0 Å². The van der Waals surface area contributed by atoms with Crippen LogP contribution in [0.5, 0.6) is 0 Å². The van der Waals surface area contributed by atoms with Crippen molar-refractivity contribution in [2.45, 2.75) is 38.6 Å². The summed E-state index contributed by atoms with van der Waals surface area (Å²) < 4.78 is 0. The molecule has 0 saturated carbocycles. The van der Waals surface area contributed by atoms with Gasteiger partial charge in [0.25, 0.3) is 0 Å². The number of likely N-dealkylation sites (tertiary alicyclic amines) is 1. The molecule has 2 rings (SSSR count). The highest BCUT2D eigenvalue weighted by molar-refractivity contribution is 7.09. The molecule has 1 aromatic rings. The minimum Gasteiger partial charge on any atom is -0.314 e. The van der Waals surface area contributed by atoms with Crippen LogP contribution >= 0.6 is 11.3 Å². The van der Waals surface area contributed by atoms with Crippen molar-refractivity contribution in [2.75, 3.05) is 26.2 Å². The second-order valence-corrected chi connectivity index (χ2v) is 5.72. The monoisotopic (exact) mass is 253 g/mol. The number of aromatic nitrogens is 1. The summed E-state index contributed by atoms with van der Waals surface area (Å²) in [5.74, 6) is 0. The van der Waals surface area contributed by atoms with E-state index in [1.54, 1.807) is 11.3 Å².